The molecule has 0 aromatic heterocycles. The summed E-state index contributed by atoms with van der Waals surface area (Å²) in [4.78, 5) is 28.9. The molecule has 0 aliphatic rings. The maximum Gasteiger partial charge on any atom is 0.264 e. The molecule has 0 heterocycles. The van der Waals surface area contributed by atoms with Crippen LogP contribution in [0.25, 0.3) is 0 Å². The minimum absolute atomic E-state index is 0.0418. The summed E-state index contributed by atoms with van der Waals surface area (Å²) >= 11 is 0. The molecule has 0 fully saturated rings. The predicted molar refractivity (Wildman–Crippen MR) is 156 cm³/mol. The Hall–Kier alpha value is -3.65. The van der Waals surface area contributed by atoms with Crippen molar-refractivity contribution in [2.75, 3.05) is 17.4 Å². The van der Waals surface area contributed by atoms with Crippen LogP contribution in [0.4, 0.5) is 5.69 Å². The van der Waals surface area contributed by atoms with Crippen LogP contribution in [0.15, 0.2) is 89.8 Å². The van der Waals surface area contributed by atoms with Gasteiger partial charge in [0, 0.05) is 12.6 Å². The van der Waals surface area contributed by atoms with Gasteiger partial charge in [0.15, 0.2) is 0 Å². The Kier molecular flexibility index (Phi) is 10.7. The zero-order chi connectivity index (χ0) is 28.4. The Bertz CT molecular complexity index is 1330. The van der Waals surface area contributed by atoms with Gasteiger partial charge in [-0.3, -0.25) is 13.9 Å². The summed E-state index contributed by atoms with van der Waals surface area (Å²) in [6.07, 6.45) is 1.70. The molecule has 8 heteroatoms. The van der Waals surface area contributed by atoms with Gasteiger partial charge in [-0.1, -0.05) is 74.5 Å². The summed E-state index contributed by atoms with van der Waals surface area (Å²) in [5, 5.41) is 3.00. The van der Waals surface area contributed by atoms with Crippen LogP contribution < -0.4 is 9.62 Å². The number of hydrogen-bond donors (Lipinski definition) is 1. The lowest BCUT2D eigenvalue weighted by Crippen LogP contribution is -2.54. The van der Waals surface area contributed by atoms with Crippen molar-refractivity contribution in [1.82, 2.24) is 10.2 Å². The molecule has 1 N–H and O–H groups in total. The van der Waals surface area contributed by atoms with E-state index in [1.807, 2.05) is 64.1 Å². The minimum Gasteiger partial charge on any atom is -0.352 e. The van der Waals surface area contributed by atoms with Crippen LogP contribution in [0, 0.1) is 6.92 Å². The highest BCUT2D eigenvalue weighted by atomic mass is 32.2. The van der Waals surface area contributed by atoms with Crippen molar-refractivity contribution in [2.45, 2.75) is 63.9 Å². The van der Waals surface area contributed by atoms with Crippen LogP contribution in [0.2, 0.25) is 0 Å². The van der Waals surface area contributed by atoms with Gasteiger partial charge in [-0.05, 0) is 68.5 Å². The number of carbonyl (C=O) groups excluding carboxylic acids is 2. The predicted octanol–water partition coefficient (Wildman–Crippen LogP) is 4.95. The van der Waals surface area contributed by atoms with E-state index in [9.17, 15) is 18.0 Å². The second-order valence-electron chi connectivity index (χ2n) is 9.73. The first-order valence-corrected chi connectivity index (χ1v) is 14.9. The fraction of sp³-hybridized carbons (Fsp3) is 0.355. The summed E-state index contributed by atoms with van der Waals surface area (Å²) in [7, 11) is -4.06. The lowest BCUT2D eigenvalue weighted by molar-refractivity contribution is -0.139. The van der Waals surface area contributed by atoms with Crippen molar-refractivity contribution in [3.05, 3.63) is 96.1 Å². The molecule has 2 atom stereocenters. The van der Waals surface area contributed by atoms with E-state index in [-0.39, 0.29) is 23.4 Å². The summed E-state index contributed by atoms with van der Waals surface area (Å²) in [6, 6.07) is 24.1. The number of aryl methyl sites for hydroxylation is 1. The number of rotatable bonds is 13. The zero-order valence-electron chi connectivity index (χ0n) is 23.2. The normalized spacial score (nSPS) is 12.8. The van der Waals surface area contributed by atoms with Crippen molar-refractivity contribution in [2.24, 2.45) is 0 Å². The molecule has 0 saturated carbocycles. The Morgan fingerprint density at radius 1 is 0.872 bits per heavy atom. The maximum atomic E-state index is 14.0. The zero-order valence-corrected chi connectivity index (χ0v) is 24.0. The van der Waals surface area contributed by atoms with Crippen LogP contribution in [-0.2, 0) is 26.0 Å². The molecule has 7 nitrogen and oxygen atoms in total. The minimum atomic E-state index is -4.06. The first-order valence-electron chi connectivity index (χ1n) is 13.5. The third-order valence-electron chi connectivity index (χ3n) is 6.77. The number of benzene rings is 3. The summed E-state index contributed by atoms with van der Waals surface area (Å²) < 4.78 is 28.8. The molecule has 3 aromatic carbocycles. The van der Waals surface area contributed by atoms with Crippen molar-refractivity contribution < 1.29 is 18.0 Å². The molecule has 3 rings (SSSR count). The van der Waals surface area contributed by atoms with Crippen LogP contribution in [0.5, 0.6) is 0 Å². The van der Waals surface area contributed by atoms with Gasteiger partial charge in [0.1, 0.15) is 12.6 Å². The van der Waals surface area contributed by atoms with E-state index < -0.39 is 28.5 Å². The van der Waals surface area contributed by atoms with Gasteiger partial charge in [-0.25, -0.2) is 8.42 Å². The van der Waals surface area contributed by atoms with E-state index in [0.717, 1.165) is 21.9 Å². The highest BCUT2D eigenvalue weighted by molar-refractivity contribution is 7.92. The molecule has 0 spiro atoms. The van der Waals surface area contributed by atoms with E-state index in [1.165, 1.54) is 17.0 Å². The number of sulfonamides is 1. The monoisotopic (exact) mass is 549 g/mol. The Balaban J connectivity index is 1.99. The molecule has 0 radical (unpaired) electrons. The smallest absolute Gasteiger partial charge is 0.264 e. The van der Waals surface area contributed by atoms with Crippen molar-refractivity contribution in [1.29, 1.82) is 0 Å². The van der Waals surface area contributed by atoms with Crippen LogP contribution >= 0.6 is 0 Å². The molecule has 2 amide bonds. The summed E-state index contributed by atoms with van der Waals surface area (Å²) in [6.45, 7) is 7.50. The average Bonchev–Trinajstić information content (AvgIpc) is 2.94. The van der Waals surface area contributed by atoms with Crippen LogP contribution in [-0.4, -0.2) is 50.3 Å². The number of hydrogen-bond acceptors (Lipinski definition) is 4. The first kappa shape index (κ1) is 29.9. The molecule has 0 bridgehead atoms. The fourth-order valence-corrected chi connectivity index (χ4v) is 5.80. The van der Waals surface area contributed by atoms with Crippen molar-refractivity contribution in [3.63, 3.8) is 0 Å². The molecular weight excluding hydrogens is 510 g/mol. The molecule has 208 valence electrons. The molecular formula is C31H39N3O4S. The van der Waals surface area contributed by atoms with Gasteiger partial charge in [-0.15, -0.1) is 0 Å². The highest BCUT2D eigenvalue weighted by Gasteiger charge is 2.33. The van der Waals surface area contributed by atoms with E-state index in [1.54, 1.807) is 36.4 Å². The summed E-state index contributed by atoms with van der Waals surface area (Å²) in [5.41, 5.74) is 2.29. The Labute approximate surface area is 232 Å². The van der Waals surface area contributed by atoms with Gasteiger partial charge in [-0.2, -0.15) is 0 Å². The number of carbonyl (C=O) groups is 2. The lowest BCUT2D eigenvalue weighted by atomic mass is 10.1. The molecule has 0 aliphatic carbocycles. The van der Waals surface area contributed by atoms with E-state index in [2.05, 4.69) is 5.32 Å². The third kappa shape index (κ3) is 7.93. The van der Waals surface area contributed by atoms with E-state index >= 15 is 0 Å². The Morgan fingerprint density at radius 2 is 1.51 bits per heavy atom. The molecule has 0 unspecified atom stereocenters. The number of nitrogens with one attached hydrogen (secondary N) is 1. The number of nitrogens with zero attached hydrogens (tertiary/aromatic N) is 2. The molecule has 39 heavy (non-hydrogen) atoms. The standard InChI is InChI=1S/C31H39N3O4S/c1-5-25(4)32-31(36)29(6-2)33(21-20-26-15-9-7-10-16-26)30(35)23-34(27-17-13-14-24(3)22-27)39(37,38)28-18-11-8-12-19-28/h7-19,22,25,29H,5-6,20-21,23H2,1-4H3,(H,32,36)/t25-,29-/m0/s1. The van der Waals surface area contributed by atoms with E-state index in [4.69, 9.17) is 0 Å². The van der Waals surface area contributed by atoms with Gasteiger partial charge >= 0.3 is 0 Å². The van der Waals surface area contributed by atoms with Gasteiger partial charge in [0.05, 0.1) is 10.6 Å². The first-order chi connectivity index (χ1) is 18.7. The molecule has 0 saturated heterocycles. The van der Waals surface area contributed by atoms with Gasteiger partial charge < -0.3 is 10.2 Å². The molecule has 0 aliphatic heterocycles. The average molecular weight is 550 g/mol. The summed E-state index contributed by atoms with van der Waals surface area (Å²) in [5.74, 6) is -0.667. The molecule has 3 aromatic rings. The highest BCUT2D eigenvalue weighted by Crippen LogP contribution is 2.25. The number of amides is 2. The lowest BCUT2D eigenvalue weighted by Gasteiger charge is -2.33. The third-order valence-corrected chi connectivity index (χ3v) is 8.56. The largest absolute Gasteiger partial charge is 0.352 e. The Morgan fingerprint density at radius 3 is 2.10 bits per heavy atom. The quantitative estimate of drug-likeness (QED) is 0.327. The van der Waals surface area contributed by atoms with Gasteiger partial charge in [0.2, 0.25) is 11.8 Å². The fourth-order valence-electron chi connectivity index (χ4n) is 4.37. The van der Waals surface area contributed by atoms with Crippen LogP contribution in [0.3, 0.4) is 0 Å². The van der Waals surface area contributed by atoms with Gasteiger partial charge in [0.25, 0.3) is 10.0 Å². The van der Waals surface area contributed by atoms with Crippen molar-refractivity contribution >= 4 is 27.5 Å². The van der Waals surface area contributed by atoms with E-state index in [0.29, 0.717) is 18.5 Å². The SMILES string of the molecule is CC[C@H](C)NC(=O)[C@H](CC)N(CCc1ccccc1)C(=O)CN(c1cccc(C)c1)S(=O)(=O)c1ccccc1. The van der Waals surface area contributed by atoms with Crippen molar-refractivity contribution in [3.8, 4) is 0 Å². The van der Waals surface area contributed by atoms with Crippen LogP contribution in [0.1, 0.15) is 44.7 Å². The second kappa shape index (κ2) is 13.9. The maximum absolute atomic E-state index is 14.0. The number of anilines is 1. The topological polar surface area (TPSA) is 86.8 Å². The second-order valence-corrected chi connectivity index (χ2v) is 11.6.